The Morgan fingerprint density at radius 3 is 3.06 bits per heavy atom. The summed E-state index contributed by atoms with van der Waals surface area (Å²) < 4.78 is 0. The number of benzene rings is 1. The fraction of sp³-hybridized carbons (Fsp3) is 0.0714. The van der Waals surface area contributed by atoms with Gasteiger partial charge in [-0.15, -0.1) is 11.3 Å². The van der Waals surface area contributed by atoms with Crippen LogP contribution < -0.4 is 0 Å². The highest BCUT2D eigenvalue weighted by Crippen LogP contribution is 2.41. The van der Waals surface area contributed by atoms with Crippen LogP contribution in [0.5, 0.6) is 5.75 Å². The highest BCUT2D eigenvalue weighted by molar-refractivity contribution is 7.13. The molecule has 2 aromatic heterocycles. The lowest BCUT2D eigenvalue weighted by molar-refractivity contribution is 0.475. The molecule has 1 aliphatic rings. The highest BCUT2D eigenvalue weighted by Gasteiger charge is 2.25. The maximum Gasteiger partial charge on any atom is 0.115 e. The van der Waals surface area contributed by atoms with Gasteiger partial charge < -0.3 is 5.11 Å². The van der Waals surface area contributed by atoms with Crippen molar-refractivity contribution >= 4 is 11.3 Å². The minimum atomic E-state index is 0.324. The lowest BCUT2D eigenvalue weighted by Crippen LogP contribution is -1.84. The summed E-state index contributed by atoms with van der Waals surface area (Å²) in [6.45, 7) is 0. The Morgan fingerprint density at radius 1 is 1.28 bits per heavy atom. The van der Waals surface area contributed by atoms with Crippen LogP contribution in [-0.4, -0.2) is 15.3 Å². The largest absolute Gasteiger partial charge is 0.508 e. The van der Waals surface area contributed by atoms with Gasteiger partial charge in [-0.25, -0.2) is 0 Å². The Balaban J connectivity index is 1.91. The molecule has 0 atom stereocenters. The van der Waals surface area contributed by atoms with E-state index in [1.165, 1.54) is 10.4 Å². The second-order valence-electron chi connectivity index (χ2n) is 4.42. The maximum absolute atomic E-state index is 9.54. The summed E-state index contributed by atoms with van der Waals surface area (Å²) in [5.41, 5.74) is 5.68. The van der Waals surface area contributed by atoms with Gasteiger partial charge in [0.15, 0.2) is 0 Å². The zero-order valence-corrected chi connectivity index (χ0v) is 10.3. The van der Waals surface area contributed by atoms with Crippen LogP contribution in [-0.2, 0) is 6.42 Å². The van der Waals surface area contributed by atoms with Crippen LogP contribution >= 0.6 is 11.3 Å². The van der Waals surface area contributed by atoms with Crippen LogP contribution in [0, 0.1) is 0 Å². The van der Waals surface area contributed by atoms with Crippen molar-refractivity contribution < 1.29 is 5.11 Å². The molecule has 0 saturated heterocycles. The van der Waals surface area contributed by atoms with Crippen molar-refractivity contribution in [3.05, 3.63) is 46.8 Å². The Morgan fingerprint density at radius 2 is 2.22 bits per heavy atom. The van der Waals surface area contributed by atoms with Gasteiger partial charge in [-0.05, 0) is 35.2 Å². The number of thiophene rings is 1. The maximum atomic E-state index is 9.54. The number of phenols is 1. The van der Waals surface area contributed by atoms with Crippen molar-refractivity contribution in [2.75, 3.05) is 0 Å². The number of fused-ring (bicyclic) bond motifs is 3. The van der Waals surface area contributed by atoms with Crippen LogP contribution in [0.4, 0.5) is 0 Å². The predicted octanol–water partition coefficient (Wildman–Crippen LogP) is 3.42. The summed E-state index contributed by atoms with van der Waals surface area (Å²) in [4.78, 5) is 1.18. The van der Waals surface area contributed by atoms with E-state index < -0.39 is 0 Å². The zero-order valence-electron chi connectivity index (χ0n) is 9.47. The fourth-order valence-corrected chi connectivity index (χ4v) is 3.28. The van der Waals surface area contributed by atoms with E-state index in [4.69, 9.17) is 0 Å². The molecular weight excluding hydrogens is 244 g/mol. The Hall–Kier alpha value is -2.07. The molecule has 0 bridgehead atoms. The molecule has 0 aliphatic heterocycles. The van der Waals surface area contributed by atoms with Crippen LogP contribution in [0.15, 0.2) is 35.7 Å². The first-order valence-corrected chi connectivity index (χ1v) is 6.64. The van der Waals surface area contributed by atoms with Crippen molar-refractivity contribution in [2.45, 2.75) is 6.42 Å². The normalized spacial score (nSPS) is 12.4. The van der Waals surface area contributed by atoms with Gasteiger partial charge >= 0.3 is 0 Å². The Kier molecular flexibility index (Phi) is 1.91. The van der Waals surface area contributed by atoms with Crippen molar-refractivity contribution in [3.63, 3.8) is 0 Å². The highest BCUT2D eigenvalue weighted by atomic mass is 32.1. The molecule has 4 heteroatoms. The fourth-order valence-electron chi connectivity index (χ4n) is 2.54. The van der Waals surface area contributed by atoms with E-state index >= 15 is 0 Å². The number of aromatic amines is 1. The molecule has 1 aromatic carbocycles. The van der Waals surface area contributed by atoms with Gasteiger partial charge in [0, 0.05) is 17.5 Å². The summed E-state index contributed by atoms with van der Waals surface area (Å²) >= 11 is 1.70. The van der Waals surface area contributed by atoms with Crippen molar-refractivity contribution in [1.82, 2.24) is 10.2 Å². The summed E-state index contributed by atoms with van der Waals surface area (Å²) in [5, 5.41) is 19.2. The van der Waals surface area contributed by atoms with Gasteiger partial charge in [-0.2, -0.15) is 5.10 Å². The average Bonchev–Trinajstić information content (AvgIpc) is 3.01. The first-order chi connectivity index (χ1) is 8.83. The summed E-state index contributed by atoms with van der Waals surface area (Å²) in [6, 6.07) is 9.63. The third kappa shape index (κ3) is 1.26. The molecule has 0 fully saturated rings. The quantitative estimate of drug-likeness (QED) is 0.547. The summed E-state index contributed by atoms with van der Waals surface area (Å²) in [7, 11) is 0. The van der Waals surface area contributed by atoms with Crippen molar-refractivity contribution in [3.8, 4) is 27.6 Å². The van der Waals surface area contributed by atoms with Gasteiger partial charge in [0.25, 0.3) is 0 Å². The van der Waals surface area contributed by atoms with E-state index in [2.05, 4.69) is 21.6 Å². The zero-order chi connectivity index (χ0) is 12.1. The third-order valence-electron chi connectivity index (χ3n) is 3.35. The van der Waals surface area contributed by atoms with Gasteiger partial charge in [0.1, 0.15) is 11.4 Å². The van der Waals surface area contributed by atoms with Crippen molar-refractivity contribution in [1.29, 1.82) is 0 Å². The smallest absolute Gasteiger partial charge is 0.115 e. The number of nitrogens with zero attached hydrogens (tertiary/aromatic N) is 1. The number of phenolic OH excluding ortho intramolecular Hbond substituents is 1. The number of hydrogen-bond acceptors (Lipinski definition) is 3. The van der Waals surface area contributed by atoms with Crippen LogP contribution in [0.2, 0.25) is 0 Å². The van der Waals surface area contributed by atoms with E-state index in [9.17, 15) is 5.11 Å². The van der Waals surface area contributed by atoms with Gasteiger partial charge in [-0.3, -0.25) is 5.10 Å². The van der Waals surface area contributed by atoms with Gasteiger partial charge in [-0.1, -0.05) is 6.07 Å². The minimum Gasteiger partial charge on any atom is -0.508 e. The van der Waals surface area contributed by atoms with Crippen LogP contribution in [0.25, 0.3) is 21.8 Å². The number of rotatable bonds is 1. The SMILES string of the molecule is Oc1ccc2c(c1)Cc1c(-c3cccs3)n[nH]c1-2. The molecule has 4 rings (SSSR count). The molecule has 18 heavy (non-hydrogen) atoms. The monoisotopic (exact) mass is 254 g/mol. The molecular formula is C14H10N2OS. The van der Waals surface area contributed by atoms with Crippen LogP contribution in [0.3, 0.4) is 0 Å². The van der Waals surface area contributed by atoms with Crippen molar-refractivity contribution in [2.24, 2.45) is 0 Å². The van der Waals surface area contributed by atoms with E-state index in [-0.39, 0.29) is 0 Å². The molecule has 2 N–H and O–H groups in total. The predicted molar refractivity (Wildman–Crippen MR) is 71.8 cm³/mol. The van der Waals surface area contributed by atoms with Gasteiger partial charge in [0.2, 0.25) is 0 Å². The molecule has 3 nitrogen and oxygen atoms in total. The molecule has 0 spiro atoms. The van der Waals surface area contributed by atoms with Gasteiger partial charge in [0.05, 0.1) is 10.6 Å². The molecule has 0 unspecified atom stereocenters. The molecule has 2 heterocycles. The minimum absolute atomic E-state index is 0.324. The number of aromatic nitrogens is 2. The molecule has 1 aliphatic carbocycles. The van der Waals surface area contributed by atoms with E-state index in [0.29, 0.717) is 5.75 Å². The Bertz CT molecular complexity index is 728. The summed E-state index contributed by atoms with van der Waals surface area (Å²) in [5.74, 6) is 0.324. The molecule has 0 amide bonds. The standard InChI is InChI=1S/C14H10N2OS/c17-9-3-4-10-8(6-9)7-11-13(10)15-16-14(11)12-2-1-5-18-12/h1-6,17H,7H2,(H,15,16). The number of aromatic hydroxyl groups is 1. The molecule has 88 valence electrons. The van der Waals surface area contributed by atoms with Crippen LogP contribution in [0.1, 0.15) is 11.1 Å². The molecule has 3 aromatic rings. The lowest BCUT2D eigenvalue weighted by atomic mass is 10.1. The van der Waals surface area contributed by atoms with E-state index in [0.717, 1.165) is 28.9 Å². The van der Waals surface area contributed by atoms with E-state index in [1.54, 1.807) is 17.4 Å². The lowest BCUT2D eigenvalue weighted by Gasteiger charge is -1.99. The summed E-state index contributed by atoms with van der Waals surface area (Å²) in [6.07, 6.45) is 0.836. The Labute approximate surface area is 108 Å². The average molecular weight is 254 g/mol. The number of hydrogen-bond donors (Lipinski definition) is 2. The molecule has 0 radical (unpaired) electrons. The molecule has 0 saturated carbocycles. The second-order valence-corrected chi connectivity index (χ2v) is 5.37. The number of H-pyrrole nitrogens is 1. The first-order valence-electron chi connectivity index (χ1n) is 5.76. The topological polar surface area (TPSA) is 48.9 Å². The second kappa shape index (κ2) is 3.46. The first kappa shape index (κ1) is 9.91. The van der Waals surface area contributed by atoms with E-state index in [1.807, 2.05) is 18.2 Å². The number of nitrogens with one attached hydrogen (secondary N) is 1. The third-order valence-corrected chi connectivity index (χ3v) is 4.22.